The molecule has 0 radical (unpaired) electrons. The molecule has 0 heterocycles. The highest BCUT2D eigenvalue weighted by atomic mass is 16.4. The lowest BCUT2D eigenvalue weighted by molar-refractivity contribution is 0.0698. The van der Waals surface area contributed by atoms with Crippen LogP contribution in [0.15, 0.2) is 24.3 Å². The molecule has 2 rings (SSSR count). The summed E-state index contributed by atoms with van der Waals surface area (Å²) in [7, 11) is 0. The highest BCUT2D eigenvalue weighted by Crippen LogP contribution is 2.46. The fourth-order valence-corrected chi connectivity index (χ4v) is 1.70. The molecular weight excluding hydrogens is 190 g/mol. The number of benzene rings is 1. The Balaban J connectivity index is 2.18. The molecule has 0 spiro atoms. The first-order valence-corrected chi connectivity index (χ1v) is 5.09. The van der Waals surface area contributed by atoms with Gasteiger partial charge in [0, 0.05) is 11.7 Å². The van der Waals surface area contributed by atoms with Gasteiger partial charge in [0.15, 0.2) is 0 Å². The van der Waals surface area contributed by atoms with Crippen LogP contribution in [0.4, 0.5) is 5.69 Å². The molecule has 3 nitrogen and oxygen atoms in total. The summed E-state index contributed by atoms with van der Waals surface area (Å²) in [4.78, 5) is 10.9. The zero-order chi connectivity index (χ0) is 11.1. The first-order chi connectivity index (χ1) is 7.00. The molecule has 1 aromatic rings. The van der Waals surface area contributed by atoms with Crippen LogP contribution in [-0.4, -0.2) is 17.1 Å². The molecule has 0 amide bonds. The van der Waals surface area contributed by atoms with Crippen molar-refractivity contribution in [1.29, 1.82) is 0 Å². The smallest absolute Gasteiger partial charge is 0.337 e. The molecule has 0 bridgehead atoms. The van der Waals surface area contributed by atoms with Crippen LogP contribution < -0.4 is 5.32 Å². The number of carbonyl (C=O) groups is 1. The molecule has 1 aliphatic rings. The summed E-state index contributed by atoms with van der Waals surface area (Å²) in [5.74, 6) is -0.878. The van der Waals surface area contributed by atoms with Gasteiger partial charge in [-0.3, -0.25) is 0 Å². The molecular formula is C12H15NO2. The molecule has 1 aromatic carbocycles. The molecule has 0 aliphatic heterocycles. The van der Waals surface area contributed by atoms with Crippen molar-refractivity contribution in [3.63, 3.8) is 0 Å². The Morgan fingerprint density at radius 1 is 1.47 bits per heavy atom. The maximum absolute atomic E-state index is 10.9. The number of hydrogen-bond donors (Lipinski definition) is 2. The quantitative estimate of drug-likeness (QED) is 0.797. The van der Waals surface area contributed by atoms with E-state index >= 15 is 0 Å². The van der Waals surface area contributed by atoms with Crippen LogP contribution in [0.25, 0.3) is 0 Å². The predicted molar refractivity (Wildman–Crippen MR) is 59.2 cm³/mol. The fourth-order valence-electron chi connectivity index (χ4n) is 1.70. The molecule has 1 fully saturated rings. The second kappa shape index (κ2) is 3.26. The Hall–Kier alpha value is -1.51. The van der Waals surface area contributed by atoms with E-state index in [0.717, 1.165) is 12.1 Å². The van der Waals surface area contributed by atoms with Crippen LogP contribution in [0.2, 0.25) is 0 Å². The van der Waals surface area contributed by atoms with Crippen LogP contribution in [0, 0.1) is 5.41 Å². The second-order valence-electron chi connectivity index (χ2n) is 4.74. The predicted octanol–water partition coefficient (Wildman–Crippen LogP) is 2.60. The number of para-hydroxylation sites is 1. The van der Waals surface area contributed by atoms with Gasteiger partial charge in [-0.05, 0) is 24.0 Å². The Morgan fingerprint density at radius 2 is 2.07 bits per heavy atom. The van der Waals surface area contributed by atoms with Crippen molar-refractivity contribution in [2.45, 2.75) is 26.3 Å². The molecule has 1 aliphatic carbocycles. The van der Waals surface area contributed by atoms with Gasteiger partial charge < -0.3 is 10.4 Å². The third kappa shape index (κ3) is 1.96. The average molecular weight is 205 g/mol. The lowest BCUT2D eigenvalue weighted by Crippen LogP contribution is -2.11. The van der Waals surface area contributed by atoms with Gasteiger partial charge in [-0.25, -0.2) is 4.79 Å². The van der Waals surface area contributed by atoms with E-state index in [2.05, 4.69) is 19.2 Å². The molecule has 3 heteroatoms. The molecule has 80 valence electrons. The van der Waals surface area contributed by atoms with Crippen molar-refractivity contribution in [3.05, 3.63) is 29.8 Å². The number of anilines is 1. The molecule has 1 saturated carbocycles. The van der Waals surface area contributed by atoms with Crippen molar-refractivity contribution in [1.82, 2.24) is 0 Å². The summed E-state index contributed by atoms with van der Waals surface area (Å²) < 4.78 is 0. The van der Waals surface area contributed by atoms with Crippen LogP contribution in [0.5, 0.6) is 0 Å². The highest BCUT2D eigenvalue weighted by molar-refractivity contribution is 5.94. The first kappa shape index (κ1) is 10.0. The van der Waals surface area contributed by atoms with Crippen molar-refractivity contribution < 1.29 is 9.90 Å². The molecule has 15 heavy (non-hydrogen) atoms. The van der Waals surface area contributed by atoms with Gasteiger partial charge in [0.25, 0.3) is 0 Å². The lowest BCUT2D eigenvalue weighted by atomic mass is 10.1. The molecule has 2 N–H and O–H groups in total. The normalized spacial score (nSPS) is 22.1. The molecule has 1 atom stereocenters. The number of rotatable bonds is 3. The monoisotopic (exact) mass is 205 g/mol. The zero-order valence-corrected chi connectivity index (χ0v) is 8.95. The van der Waals surface area contributed by atoms with Crippen LogP contribution in [-0.2, 0) is 0 Å². The van der Waals surface area contributed by atoms with Crippen molar-refractivity contribution >= 4 is 11.7 Å². The number of nitrogens with one attached hydrogen (secondary N) is 1. The van der Waals surface area contributed by atoms with Gasteiger partial charge in [0.05, 0.1) is 5.56 Å². The molecule has 1 unspecified atom stereocenters. The van der Waals surface area contributed by atoms with Crippen molar-refractivity contribution in [3.8, 4) is 0 Å². The van der Waals surface area contributed by atoms with Gasteiger partial charge in [-0.1, -0.05) is 26.0 Å². The van der Waals surface area contributed by atoms with E-state index in [-0.39, 0.29) is 0 Å². The van der Waals surface area contributed by atoms with E-state index in [0.29, 0.717) is 17.0 Å². The van der Waals surface area contributed by atoms with Gasteiger partial charge in [0.1, 0.15) is 0 Å². The van der Waals surface area contributed by atoms with Crippen LogP contribution >= 0.6 is 0 Å². The highest BCUT2D eigenvalue weighted by Gasteiger charge is 2.45. The van der Waals surface area contributed by atoms with Gasteiger partial charge in [-0.15, -0.1) is 0 Å². The standard InChI is InChI=1S/C12H15NO2/c1-12(2)7-10(12)13-9-6-4-3-5-8(9)11(14)15/h3-6,10,13H,7H2,1-2H3,(H,14,15). The minimum absolute atomic E-state index is 0.297. The van der Waals surface area contributed by atoms with E-state index in [9.17, 15) is 4.79 Å². The average Bonchev–Trinajstić information content (AvgIpc) is 2.74. The van der Waals surface area contributed by atoms with Crippen LogP contribution in [0.3, 0.4) is 0 Å². The summed E-state index contributed by atoms with van der Waals surface area (Å²) in [6.07, 6.45) is 1.10. The Kier molecular flexibility index (Phi) is 2.18. The van der Waals surface area contributed by atoms with Crippen molar-refractivity contribution in [2.75, 3.05) is 5.32 Å². The van der Waals surface area contributed by atoms with Gasteiger partial charge >= 0.3 is 5.97 Å². The van der Waals surface area contributed by atoms with Crippen molar-refractivity contribution in [2.24, 2.45) is 5.41 Å². The van der Waals surface area contributed by atoms with E-state index in [1.54, 1.807) is 12.1 Å². The number of aromatic carboxylic acids is 1. The maximum Gasteiger partial charge on any atom is 0.337 e. The minimum Gasteiger partial charge on any atom is -0.478 e. The molecule has 0 aromatic heterocycles. The fraction of sp³-hybridized carbons (Fsp3) is 0.417. The third-order valence-electron chi connectivity index (χ3n) is 3.00. The van der Waals surface area contributed by atoms with E-state index < -0.39 is 5.97 Å². The number of carboxylic acid groups (broad SMARTS) is 1. The van der Waals surface area contributed by atoms with Crippen LogP contribution in [0.1, 0.15) is 30.6 Å². The second-order valence-corrected chi connectivity index (χ2v) is 4.74. The van der Waals surface area contributed by atoms with Gasteiger partial charge in [0.2, 0.25) is 0 Å². The number of hydrogen-bond acceptors (Lipinski definition) is 2. The molecule has 0 saturated heterocycles. The summed E-state index contributed by atoms with van der Waals surface area (Å²) >= 11 is 0. The Bertz CT molecular complexity index is 398. The first-order valence-electron chi connectivity index (χ1n) is 5.09. The minimum atomic E-state index is -0.878. The van der Waals surface area contributed by atoms with E-state index in [1.165, 1.54) is 0 Å². The summed E-state index contributed by atoms with van der Waals surface area (Å²) in [6.45, 7) is 4.35. The summed E-state index contributed by atoms with van der Waals surface area (Å²) in [5, 5.41) is 12.3. The number of carboxylic acids is 1. The van der Waals surface area contributed by atoms with Gasteiger partial charge in [-0.2, -0.15) is 0 Å². The largest absolute Gasteiger partial charge is 0.478 e. The topological polar surface area (TPSA) is 49.3 Å². The third-order valence-corrected chi connectivity index (χ3v) is 3.00. The van der Waals surface area contributed by atoms with E-state index in [4.69, 9.17) is 5.11 Å². The van der Waals surface area contributed by atoms with E-state index in [1.807, 2.05) is 12.1 Å². The summed E-state index contributed by atoms with van der Waals surface area (Å²) in [5.41, 5.74) is 1.37. The lowest BCUT2D eigenvalue weighted by Gasteiger charge is -2.10. The maximum atomic E-state index is 10.9. The Morgan fingerprint density at radius 3 is 2.60 bits per heavy atom. The zero-order valence-electron chi connectivity index (χ0n) is 8.95. The Labute approximate surface area is 89.1 Å². The SMILES string of the molecule is CC1(C)CC1Nc1ccccc1C(=O)O. The summed E-state index contributed by atoms with van der Waals surface area (Å²) in [6, 6.07) is 7.44.